The van der Waals surface area contributed by atoms with Crippen molar-refractivity contribution in [1.29, 1.82) is 0 Å². The molecule has 1 aromatic rings. The zero-order chi connectivity index (χ0) is 13.1. The van der Waals surface area contributed by atoms with Gasteiger partial charge < -0.3 is 10.4 Å². The summed E-state index contributed by atoms with van der Waals surface area (Å²) in [5, 5.41) is 13.5. The predicted molar refractivity (Wildman–Crippen MR) is 86.2 cm³/mol. The fraction of sp³-hybridized carbons (Fsp3) is 0.714. The smallest absolute Gasteiger partial charge is 0.0667 e. The van der Waals surface area contributed by atoms with E-state index in [0.717, 1.165) is 6.42 Å². The minimum atomic E-state index is -0.215. The Morgan fingerprint density at radius 2 is 2.33 bits per heavy atom. The van der Waals surface area contributed by atoms with Crippen molar-refractivity contribution in [3.8, 4) is 0 Å². The van der Waals surface area contributed by atoms with Gasteiger partial charge in [-0.25, -0.2) is 0 Å². The minimum absolute atomic E-state index is 0.215. The van der Waals surface area contributed by atoms with Crippen LogP contribution in [0.5, 0.6) is 0 Å². The van der Waals surface area contributed by atoms with Crippen LogP contribution in [-0.4, -0.2) is 17.8 Å². The van der Waals surface area contributed by atoms with E-state index in [9.17, 15) is 5.11 Å². The molecule has 1 aliphatic carbocycles. The van der Waals surface area contributed by atoms with Crippen LogP contribution in [-0.2, 0) is 6.42 Å². The van der Waals surface area contributed by atoms with E-state index in [1.165, 1.54) is 27.7 Å². The number of halogens is 1. The molecule has 0 aromatic carbocycles. The molecule has 0 amide bonds. The van der Waals surface area contributed by atoms with Crippen LogP contribution in [0.3, 0.4) is 0 Å². The highest BCUT2D eigenvalue weighted by molar-refractivity contribution is 14.1. The molecule has 0 saturated heterocycles. The van der Waals surface area contributed by atoms with E-state index in [-0.39, 0.29) is 6.10 Å². The van der Waals surface area contributed by atoms with Crippen LogP contribution in [0.2, 0.25) is 0 Å². The van der Waals surface area contributed by atoms with E-state index in [1.54, 1.807) is 4.88 Å². The highest BCUT2D eigenvalue weighted by atomic mass is 127. The Labute approximate surface area is 127 Å². The number of nitrogens with one attached hydrogen (secondary N) is 1. The zero-order valence-corrected chi connectivity index (χ0v) is 14.1. The number of aryl methyl sites for hydroxylation is 1. The van der Waals surface area contributed by atoms with Crippen molar-refractivity contribution in [2.75, 3.05) is 6.54 Å². The van der Waals surface area contributed by atoms with Crippen LogP contribution in [0, 0.1) is 8.80 Å². The predicted octanol–water partition coefficient (Wildman–Crippen LogP) is 3.73. The number of thiophene rings is 1. The zero-order valence-electron chi connectivity index (χ0n) is 11.1. The molecule has 2 rings (SSSR count). The van der Waals surface area contributed by atoms with Gasteiger partial charge in [-0.3, -0.25) is 0 Å². The number of aliphatic hydroxyl groups is 1. The molecule has 0 radical (unpaired) electrons. The third kappa shape index (κ3) is 3.92. The van der Waals surface area contributed by atoms with Gasteiger partial charge in [0.25, 0.3) is 0 Å². The topological polar surface area (TPSA) is 32.3 Å². The molecule has 2 unspecified atom stereocenters. The van der Waals surface area contributed by atoms with Gasteiger partial charge in [-0.1, -0.05) is 13.8 Å². The van der Waals surface area contributed by atoms with E-state index in [1.807, 2.05) is 11.3 Å². The first-order valence-electron chi connectivity index (χ1n) is 6.75. The van der Waals surface area contributed by atoms with Crippen LogP contribution in [0.15, 0.2) is 6.07 Å². The van der Waals surface area contributed by atoms with Crippen LogP contribution in [0.25, 0.3) is 0 Å². The molecule has 18 heavy (non-hydrogen) atoms. The summed E-state index contributed by atoms with van der Waals surface area (Å²) >= 11 is 4.33. The molecule has 1 heterocycles. The SMILES string of the molecule is CC(C)CC(O)CNC1CCCc2sc(I)cc21. The lowest BCUT2D eigenvalue weighted by Crippen LogP contribution is -2.32. The van der Waals surface area contributed by atoms with Crippen LogP contribution in [0.4, 0.5) is 0 Å². The molecule has 4 heteroatoms. The van der Waals surface area contributed by atoms with Crippen molar-refractivity contribution in [3.05, 3.63) is 19.4 Å². The summed E-state index contributed by atoms with van der Waals surface area (Å²) in [4.78, 5) is 1.54. The van der Waals surface area contributed by atoms with E-state index in [0.29, 0.717) is 18.5 Å². The number of aliphatic hydroxyl groups excluding tert-OH is 1. The van der Waals surface area contributed by atoms with Crippen LogP contribution < -0.4 is 5.32 Å². The van der Waals surface area contributed by atoms with Gasteiger partial charge in [0.15, 0.2) is 0 Å². The molecular formula is C14H22INOS. The Morgan fingerprint density at radius 1 is 1.56 bits per heavy atom. The average molecular weight is 379 g/mol. The maximum atomic E-state index is 9.94. The molecule has 102 valence electrons. The van der Waals surface area contributed by atoms with Gasteiger partial charge in [-0.05, 0) is 65.8 Å². The van der Waals surface area contributed by atoms with Gasteiger partial charge in [-0.2, -0.15) is 0 Å². The first kappa shape index (κ1) is 14.8. The Hall–Kier alpha value is 0.350. The van der Waals surface area contributed by atoms with Crippen molar-refractivity contribution in [2.24, 2.45) is 5.92 Å². The molecule has 1 aliphatic rings. The first-order chi connectivity index (χ1) is 8.56. The molecule has 0 aliphatic heterocycles. The highest BCUT2D eigenvalue weighted by Gasteiger charge is 2.22. The number of hydrogen-bond donors (Lipinski definition) is 2. The fourth-order valence-corrected chi connectivity index (χ4v) is 4.76. The Bertz CT molecular complexity index is 391. The molecule has 2 nitrogen and oxygen atoms in total. The number of hydrogen-bond acceptors (Lipinski definition) is 3. The summed E-state index contributed by atoms with van der Waals surface area (Å²) in [6.45, 7) is 5.03. The average Bonchev–Trinajstić information content (AvgIpc) is 2.66. The maximum Gasteiger partial charge on any atom is 0.0667 e. The van der Waals surface area contributed by atoms with E-state index in [2.05, 4.69) is 47.8 Å². The summed E-state index contributed by atoms with van der Waals surface area (Å²) in [5.74, 6) is 0.561. The van der Waals surface area contributed by atoms with Crippen LogP contribution in [0.1, 0.15) is 49.6 Å². The van der Waals surface area contributed by atoms with Gasteiger partial charge in [0.1, 0.15) is 0 Å². The molecule has 2 N–H and O–H groups in total. The second-order valence-corrected chi connectivity index (χ2v) is 8.60. The standard InChI is InChI=1S/C14H22INOS/c1-9(2)6-10(17)8-16-12-4-3-5-13-11(12)7-14(15)18-13/h7,9-10,12,16-17H,3-6,8H2,1-2H3. The lowest BCUT2D eigenvalue weighted by atomic mass is 9.93. The normalized spacial score (nSPS) is 21.1. The van der Waals surface area contributed by atoms with E-state index in [4.69, 9.17) is 0 Å². The molecule has 1 aromatic heterocycles. The van der Waals surface area contributed by atoms with Gasteiger partial charge in [0.05, 0.1) is 8.99 Å². The monoisotopic (exact) mass is 379 g/mol. The van der Waals surface area contributed by atoms with Crippen LogP contribution >= 0.6 is 33.9 Å². The van der Waals surface area contributed by atoms with Crippen molar-refractivity contribution < 1.29 is 5.11 Å². The van der Waals surface area contributed by atoms with Crippen molar-refractivity contribution in [2.45, 2.75) is 51.7 Å². The third-order valence-electron chi connectivity index (χ3n) is 3.43. The second kappa shape index (κ2) is 6.68. The Balaban J connectivity index is 1.91. The number of rotatable bonds is 5. The first-order valence-corrected chi connectivity index (χ1v) is 8.65. The highest BCUT2D eigenvalue weighted by Crippen LogP contribution is 2.36. The van der Waals surface area contributed by atoms with Crippen molar-refractivity contribution in [1.82, 2.24) is 5.32 Å². The molecule has 0 bridgehead atoms. The molecule has 2 atom stereocenters. The lowest BCUT2D eigenvalue weighted by molar-refractivity contribution is 0.141. The quantitative estimate of drug-likeness (QED) is 0.765. The van der Waals surface area contributed by atoms with Gasteiger partial charge in [-0.15, -0.1) is 11.3 Å². The van der Waals surface area contributed by atoms with Crippen molar-refractivity contribution >= 4 is 33.9 Å². The second-order valence-electron chi connectivity index (χ2n) is 5.57. The Kier molecular flexibility index (Phi) is 5.47. The lowest BCUT2D eigenvalue weighted by Gasteiger charge is -2.25. The van der Waals surface area contributed by atoms with E-state index < -0.39 is 0 Å². The molecule has 0 saturated carbocycles. The summed E-state index contributed by atoms with van der Waals surface area (Å²) < 4.78 is 1.38. The van der Waals surface area contributed by atoms with Gasteiger partial charge in [0, 0.05) is 17.5 Å². The molecular weight excluding hydrogens is 357 g/mol. The minimum Gasteiger partial charge on any atom is -0.392 e. The largest absolute Gasteiger partial charge is 0.392 e. The molecule has 0 fully saturated rings. The van der Waals surface area contributed by atoms with Crippen molar-refractivity contribution in [3.63, 3.8) is 0 Å². The molecule has 0 spiro atoms. The summed E-state index contributed by atoms with van der Waals surface area (Å²) in [6, 6.07) is 2.77. The maximum absolute atomic E-state index is 9.94. The summed E-state index contributed by atoms with van der Waals surface area (Å²) in [5.41, 5.74) is 1.48. The summed E-state index contributed by atoms with van der Waals surface area (Å²) in [6.07, 6.45) is 4.37. The van der Waals surface area contributed by atoms with Gasteiger partial charge in [0.2, 0.25) is 0 Å². The van der Waals surface area contributed by atoms with Gasteiger partial charge >= 0.3 is 0 Å². The number of fused-ring (bicyclic) bond motifs is 1. The Morgan fingerprint density at radius 3 is 3.06 bits per heavy atom. The van der Waals surface area contributed by atoms with E-state index >= 15 is 0 Å². The third-order valence-corrected chi connectivity index (χ3v) is 5.40. The fourth-order valence-electron chi connectivity index (χ4n) is 2.64. The summed E-state index contributed by atoms with van der Waals surface area (Å²) in [7, 11) is 0.